The summed E-state index contributed by atoms with van der Waals surface area (Å²) in [5, 5.41) is 5.61. The van der Waals surface area contributed by atoms with Crippen LogP contribution in [-0.4, -0.2) is 299 Å². The number of halogens is 8. The second-order valence-electron chi connectivity index (χ2n) is 33.5. The van der Waals surface area contributed by atoms with Gasteiger partial charge in [0.1, 0.15) is 78.7 Å². The third-order valence-electron chi connectivity index (χ3n) is 26.1. The van der Waals surface area contributed by atoms with E-state index in [2.05, 4.69) is 10.6 Å². The number of likely N-dealkylation sites (tertiary alicyclic amines) is 1. The molecule has 33 heteroatoms. The van der Waals surface area contributed by atoms with E-state index < -0.39 is 236 Å². The van der Waals surface area contributed by atoms with E-state index in [-0.39, 0.29) is 96.7 Å². The minimum Gasteiger partial charge on any atom is -0.377 e. The van der Waals surface area contributed by atoms with Gasteiger partial charge in [-0.15, -0.1) is 0 Å². The third kappa shape index (κ3) is 20.3. The van der Waals surface area contributed by atoms with Crippen LogP contribution in [-0.2, 0) is 62.3 Å². The molecule has 2 bridgehead atoms. The molecule has 12 atom stereocenters. The zero-order chi connectivity index (χ0) is 82.2. The Balaban J connectivity index is 1.12. The molecule has 2 N–H and O–H groups in total. The maximum Gasteiger partial charge on any atom is 0.397 e. The number of nitrogens with zero attached hydrogens (tertiary/aromatic N) is 10. The van der Waals surface area contributed by atoms with Gasteiger partial charge in [0.2, 0.25) is 70.9 Å². The van der Waals surface area contributed by atoms with E-state index in [9.17, 15) is 31.1 Å². The van der Waals surface area contributed by atoms with Crippen molar-refractivity contribution in [3.63, 3.8) is 0 Å². The van der Waals surface area contributed by atoms with Crippen LogP contribution in [0.3, 0.4) is 0 Å². The van der Waals surface area contributed by atoms with E-state index in [4.69, 9.17) is 4.74 Å². The quantitative estimate of drug-likeness (QED) is 0.126. The molecule has 9 aliphatic rings. The summed E-state index contributed by atoms with van der Waals surface area (Å²) in [6.45, 7) is 5.94. The van der Waals surface area contributed by atoms with Crippen molar-refractivity contribution in [2.24, 2.45) is 35.5 Å². The van der Waals surface area contributed by atoms with Crippen molar-refractivity contribution in [3.05, 3.63) is 12.2 Å². The summed E-state index contributed by atoms with van der Waals surface area (Å²) in [5.74, 6) is -16.1. The van der Waals surface area contributed by atoms with Gasteiger partial charge >= 0.3 is 12.4 Å². The topological polar surface area (TPSA) is 271 Å². The molecule has 3 saturated heterocycles. The molecular formula is C79H120F8N12O13. The molecule has 0 aromatic carbocycles. The second kappa shape index (κ2) is 38.0. The molecule has 25 nitrogen and oxygen atoms in total. The number of carbonyl (C=O) groups is 12. The van der Waals surface area contributed by atoms with E-state index >= 15 is 61.5 Å². The fourth-order valence-electron chi connectivity index (χ4n) is 18.7. The van der Waals surface area contributed by atoms with Crippen LogP contribution in [0.5, 0.6) is 0 Å². The van der Waals surface area contributed by atoms with Gasteiger partial charge in [-0.3, -0.25) is 57.5 Å². The van der Waals surface area contributed by atoms with Crippen LogP contribution in [0.25, 0.3) is 0 Å². The minimum absolute atomic E-state index is 0.00259. The molecule has 630 valence electrons. The lowest BCUT2D eigenvalue weighted by Gasteiger charge is -2.51. The second-order valence-corrected chi connectivity index (χ2v) is 33.5. The highest BCUT2D eigenvalue weighted by Gasteiger charge is 2.58. The van der Waals surface area contributed by atoms with Gasteiger partial charge in [-0.1, -0.05) is 58.6 Å². The van der Waals surface area contributed by atoms with E-state index in [0.717, 1.165) is 9.80 Å². The Bertz CT molecular complexity index is 3390. The summed E-state index contributed by atoms with van der Waals surface area (Å²) >= 11 is 0. The molecule has 8 fully saturated rings. The van der Waals surface area contributed by atoms with E-state index in [1.165, 1.54) is 76.6 Å². The van der Waals surface area contributed by atoms with Gasteiger partial charge in [0.25, 0.3) is 0 Å². The van der Waals surface area contributed by atoms with Crippen molar-refractivity contribution in [3.8, 4) is 0 Å². The molecule has 5 saturated carbocycles. The zero-order valence-corrected chi connectivity index (χ0v) is 66.9. The number of amides is 12. The van der Waals surface area contributed by atoms with Gasteiger partial charge in [0.15, 0.2) is 0 Å². The monoisotopic (exact) mass is 1600 g/mol. The lowest BCUT2D eigenvalue weighted by molar-refractivity contribution is -0.219. The van der Waals surface area contributed by atoms with Gasteiger partial charge in [-0.2, -0.15) is 26.3 Å². The number of ether oxygens (including phenoxy) is 1. The summed E-state index contributed by atoms with van der Waals surface area (Å²) in [6, 6.07) is -11.6. The van der Waals surface area contributed by atoms with Crippen LogP contribution in [0.15, 0.2) is 12.2 Å². The number of likely N-dealkylation sites (N-methyl/N-ethyl adjacent to an activating group) is 6. The van der Waals surface area contributed by atoms with Gasteiger partial charge < -0.3 is 64.4 Å². The molecule has 1 spiro atoms. The summed E-state index contributed by atoms with van der Waals surface area (Å²) in [5.41, 5.74) is -1.64. The average Bonchev–Trinajstić information content (AvgIpc) is 1.14. The van der Waals surface area contributed by atoms with E-state index in [1.807, 2.05) is 6.92 Å². The minimum atomic E-state index is -5.22. The van der Waals surface area contributed by atoms with Crippen molar-refractivity contribution < 1.29 is 97.4 Å². The summed E-state index contributed by atoms with van der Waals surface area (Å²) in [4.78, 5) is 197. The van der Waals surface area contributed by atoms with Gasteiger partial charge in [-0.25, -0.2) is 8.78 Å². The number of hydrogen-bond donors (Lipinski definition) is 2. The summed E-state index contributed by atoms with van der Waals surface area (Å²) in [6.07, 6.45) is -10.1. The fraction of sp³-hybridized carbons (Fsp3) is 0.823. The molecule has 9 rings (SSSR count). The SMILES string of the molecule is CCC[C@H]1C(=O)N[C@@H]([C@@H](C)CC)C(=O)N(C2CC2)CC(=O)N(C)[C@H]2C/C=C\CCN(C2=O)[C@@H](CC2CCC(C(F)(F)F)CC2)C(=O)N(C)CC(=O)N[C@@H](CCC2CC(F)C(C(F)(F)F)C(F)C2)C(=O)N2C[C@H](OCC)C[C@H]2C(=O)N(C)C2(CCC2)C(=O)N(C)[C@@H](C2CCCC2)C(=O)N(C)[C@H](C(=O)N2CCCC2)CC(=O)N1C. The smallest absolute Gasteiger partial charge is 0.377 e. The van der Waals surface area contributed by atoms with Gasteiger partial charge in [-0.05, 0) is 165 Å². The Morgan fingerprint density at radius 1 is 0.598 bits per heavy atom. The fourth-order valence-corrected chi connectivity index (χ4v) is 18.7. The largest absolute Gasteiger partial charge is 0.397 e. The van der Waals surface area contributed by atoms with Crippen LogP contribution in [0.2, 0.25) is 0 Å². The molecule has 12 amide bonds. The summed E-state index contributed by atoms with van der Waals surface area (Å²) < 4.78 is 122. The molecule has 4 heterocycles. The Morgan fingerprint density at radius 2 is 1.24 bits per heavy atom. The first-order chi connectivity index (χ1) is 52.9. The number of carbonyl (C=O) groups excluding carboxylic acids is 12. The maximum absolute atomic E-state index is 15.8. The number of nitrogens with one attached hydrogen (secondary N) is 2. The summed E-state index contributed by atoms with van der Waals surface area (Å²) in [7, 11) is 8.28. The molecule has 112 heavy (non-hydrogen) atoms. The molecule has 0 radical (unpaired) electrons. The van der Waals surface area contributed by atoms with Crippen molar-refractivity contribution >= 4 is 70.9 Å². The number of alkyl halides is 8. The van der Waals surface area contributed by atoms with Crippen LogP contribution in [0.4, 0.5) is 35.1 Å². The lowest BCUT2D eigenvalue weighted by Crippen LogP contribution is -2.68. The third-order valence-corrected chi connectivity index (χ3v) is 26.1. The molecule has 0 aromatic heterocycles. The predicted octanol–water partition coefficient (Wildman–Crippen LogP) is 7.51. The van der Waals surface area contributed by atoms with Crippen molar-refractivity contribution in [2.45, 2.75) is 292 Å². The average molecular weight is 1600 g/mol. The van der Waals surface area contributed by atoms with Gasteiger partial charge in [0, 0.05) is 87.5 Å². The first-order valence-electron chi connectivity index (χ1n) is 40.9. The lowest BCUT2D eigenvalue weighted by atomic mass is 9.73. The van der Waals surface area contributed by atoms with Crippen molar-refractivity contribution in [2.75, 3.05) is 88.2 Å². The highest BCUT2D eigenvalue weighted by atomic mass is 19.4. The molecule has 2 unspecified atom stereocenters. The number of hydrogen-bond acceptors (Lipinski definition) is 13. The highest BCUT2D eigenvalue weighted by Crippen LogP contribution is 2.47. The van der Waals surface area contributed by atoms with E-state index in [0.29, 0.717) is 83.7 Å². The van der Waals surface area contributed by atoms with Crippen molar-refractivity contribution in [1.29, 1.82) is 0 Å². The first kappa shape index (κ1) is 88.7. The Labute approximate surface area is 653 Å². The van der Waals surface area contributed by atoms with Crippen LogP contribution in [0, 0.1) is 35.5 Å². The highest BCUT2D eigenvalue weighted by molar-refractivity contribution is 6.01. The Morgan fingerprint density at radius 3 is 1.81 bits per heavy atom. The van der Waals surface area contributed by atoms with E-state index in [1.54, 1.807) is 37.8 Å². The Hall–Kier alpha value is -7.22. The van der Waals surface area contributed by atoms with Crippen LogP contribution >= 0.6 is 0 Å². The first-order valence-corrected chi connectivity index (χ1v) is 40.9. The van der Waals surface area contributed by atoms with Gasteiger partial charge in [0.05, 0.1) is 25.0 Å². The standard InChI is InChI=1S/C79H120F8N12O13/c1-11-22-57-68(103)89-66(47(4)12-2)74(109)98(52-31-32-52)46-64(102)92(7)58-25-15-14-18-38-97(73(58)108)60(41-48-26-29-51(30-27-48)78(82,83)84)70(105)90(5)45-62(100)88-56(33-28-49-39-54(80)65(55(81)40-49)79(85,86)87)69(104)99-44-53(112-13-3)42-61(99)71(106)95(10)77(34-21-35-77)76(111)94(9)67(50-23-16-17-24-50)75(110)93(8)59(43-63(101)91(57)6)72(107)96-36-19-20-37-96/h14-15,47-61,65-67H,11-13,16-46H2,1-10H3,(H,88,100)(H,89,103)/b15-14-/t47-,48?,49?,51?,53+,54?,55?,56-,57-,58-,59-,60-,61-,65?,66-,67-/m0/s1. The molecule has 4 aliphatic heterocycles. The number of fused-ring (bicyclic) bond motifs is 3. The van der Waals surface area contributed by atoms with Crippen LogP contribution in [0.1, 0.15) is 201 Å². The zero-order valence-electron chi connectivity index (χ0n) is 66.9. The predicted molar refractivity (Wildman–Crippen MR) is 395 cm³/mol. The normalized spacial score (nSPS) is 32.7. The number of rotatable bonds is 14. The maximum atomic E-state index is 15.8. The molecular weight excluding hydrogens is 1480 g/mol. The Kier molecular flexibility index (Phi) is 30.1. The van der Waals surface area contributed by atoms with Crippen molar-refractivity contribution in [1.82, 2.24) is 59.6 Å². The molecule has 0 aromatic rings. The van der Waals surface area contributed by atoms with Crippen LogP contribution < -0.4 is 10.6 Å². The molecule has 5 aliphatic carbocycles.